The van der Waals surface area contributed by atoms with E-state index in [0.717, 1.165) is 5.69 Å². The first kappa shape index (κ1) is 17.9. The van der Waals surface area contributed by atoms with E-state index in [4.69, 9.17) is 0 Å². The van der Waals surface area contributed by atoms with Crippen LogP contribution in [0, 0.1) is 5.92 Å². The van der Waals surface area contributed by atoms with Crippen LogP contribution in [0.2, 0.25) is 0 Å². The highest BCUT2D eigenvalue weighted by Gasteiger charge is 2.10. The maximum atomic E-state index is 12.0. The first-order valence-corrected chi connectivity index (χ1v) is 8.53. The van der Waals surface area contributed by atoms with Gasteiger partial charge in [-0.25, -0.2) is 4.98 Å². The predicted molar refractivity (Wildman–Crippen MR) is 93.3 cm³/mol. The molecule has 0 bridgehead atoms. The zero-order valence-corrected chi connectivity index (χ0v) is 14.4. The van der Waals surface area contributed by atoms with Gasteiger partial charge in [0, 0.05) is 30.6 Å². The monoisotopic (exact) mass is 348 g/mol. The van der Waals surface area contributed by atoms with Crippen molar-refractivity contribution in [3.63, 3.8) is 0 Å². The van der Waals surface area contributed by atoms with Crippen LogP contribution in [-0.2, 0) is 11.2 Å². The molecule has 0 fully saturated rings. The summed E-state index contributed by atoms with van der Waals surface area (Å²) in [5.41, 5.74) is 0.842. The number of thiazole rings is 1. The summed E-state index contributed by atoms with van der Waals surface area (Å²) in [4.78, 5) is 41.4. The number of H-pyrrole nitrogens is 1. The molecule has 3 N–H and O–H groups in total. The van der Waals surface area contributed by atoms with E-state index >= 15 is 0 Å². The molecule has 0 atom stereocenters. The number of nitrogens with zero attached hydrogens (tertiary/aromatic N) is 1. The third-order valence-electron chi connectivity index (χ3n) is 3.13. The molecular weight excluding hydrogens is 328 g/mol. The van der Waals surface area contributed by atoms with Gasteiger partial charge in [0.1, 0.15) is 0 Å². The van der Waals surface area contributed by atoms with Gasteiger partial charge in [-0.2, -0.15) is 0 Å². The molecule has 0 aliphatic heterocycles. The molecule has 2 aromatic heterocycles. The number of pyridine rings is 1. The SMILES string of the molecule is CC(C)CNC(=O)CCc1csc(NC(=O)c2ccc(=O)[nH]c2)n1. The highest BCUT2D eigenvalue weighted by molar-refractivity contribution is 7.13. The van der Waals surface area contributed by atoms with Gasteiger partial charge >= 0.3 is 0 Å². The summed E-state index contributed by atoms with van der Waals surface area (Å²) in [6.07, 6.45) is 2.24. The Morgan fingerprint density at radius 1 is 1.33 bits per heavy atom. The number of carbonyl (C=O) groups is 2. The summed E-state index contributed by atoms with van der Waals surface area (Å²) in [5.74, 6) is 0.0697. The molecule has 2 aromatic rings. The Labute approximate surface area is 143 Å². The molecule has 7 nitrogen and oxygen atoms in total. The number of hydrogen-bond donors (Lipinski definition) is 3. The largest absolute Gasteiger partial charge is 0.356 e. The summed E-state index contributed by atoms with van der Waals surface area (Å²) >= 11 is 1.30. The Morgan fingerprint density at radius 2 is 2.12 bits per heavy atom. The second-order valence-corrected chi connectivity index (χ2v) is 6.60. The number of hydrogen-bond acceptors (Lipinski definition) is 5. The molecule has 0 aliphatic rings. The lowest BCUT2D eigenvalue weighted by molar-refractivity contribution is -0.121. The lowest BCUT2D eigenvalue weighted by Gasteiger charge is -2.06. The Hall–Kier alpha value is -2.48. The second kappa shape index (κ2) is 8.39. The molecule has 8 heteroatoms. The number of aromatic amines is 1. The molecule has 0 saturated heterocycles. The summed E-state index contributed by atoms with van der Waals surface area (Å²) in [6, 6.07) is 2.74. The van der Waals surface area contributed by atoms with E-state index < -0.39 is 0 Å². The molecule has 2 heterocycles. The Bertz CT molecular complexity index is 746. The fourth-order valence-electron chi connectivity index (χ4n) is 1.85. The summed E-state index contributed by atoms with van der Waals surface area (Å²) in [5, 5.41) is 7.81. The zero-order chi connectivity index (χ0) is 17.5. The van der Waals surface area contributed by atoms with Crippen LogP contribution in [0.5, 0.6) is 0 Å². The molecule has 128 valence electrons. The average molecular weight is 348 g/mol. The number of rotatable bonds is 7. The van der Waals surface area contributed by atoms with Gasteiger partial charge in [0.05, 0.1) is 11.3 Å². The van der Waals surface area contributed by atoms with E-state index in [1.807, 2.05) is 19.2 Å². The van der Waals surface area contributed by atoms with E-state index in [9.17, 15) is 14.4 Å². The van der Waals surface area contributed by atoms with Crippen molar-refractivity contribution in [1.82, 2.24) is 15.3 Å². The highest BCUT2D eigenvalue weighted by Crippen LogP contribution is 2.17. The normalized spacial score (nSPS) is 10.6. The van der Waals surface area contributed by atoms with E-state index in [2.05, 4.69) is 20.6 Å². The van der Waals surface area contributed by atoms with E-state index in [1.165, 1.54) is 29.7 Å². The van der Waals surface area contributed by atoms with Crippen LogP contribution in [0.25, 0.3) is 0 Å². The third-order valence-corrected chi connectivity index (χ3v) is 3.94. The van der Waals surface area contributed by atoms with Crippen LogP contribution in [0.15, 0.2) is 28.5 Å². The molecule has 2 amide bonds. The number of aryl methyl sites for hydroxylation is 1. The topological polar surface area (TPSA) is 104 Å². The van der Waals surface area contributed by atoms with Crippen LogP contribution in [0.4, 0.5) is 5.13 Å². The average Bonchev–Trinajstić information content (AvgIpc) is 2.99. The van der Waals surface area contributed by atoms with Crippen LogP contribution < -0.4 is 16.2 Å². The second-order valence-electron chi connectivity index (χ2n) is 5.74. The molecule has 2 rings (SSSR count). The molecule has 0 unspecified atom stereocenters. The zero-order valence-electron chi connectivity index (χ0n) is 13.6. The molecule has 0 saturated carbocycles. The van der Waals surface area contributed by atoms with Gasteiger partial charge < -0.3 is 10.3 Å². The number of amides is 2. The number of carbonyl (C=O) groups excluding carboxylic acids is 2. The first-order chi connectivity index (χ1) is 11.4. The number of aromatic nitrogens is 2. The lowest BCUT2D eigenvalue weighted by atomic mass is 10.2. The van der Waals surface area contributed by atoms with Gasteiger partial charge in [-0.3, -0.25) is 19.7 Å². The van der Waals surface area contributed by atoms with Gasteiger partial charge in [-0.15, -0.1) is 11.3 Å². The maximum absolute atomic E-state index is 12.0. The Balaban J connectivity index is 1.84. The van der Waals surface area contributed by atoms with Gasteiger partial charge in [0.25, 0.3) is 5.91 Å². The minimum atomic E-state index is -0.346. The smallest absolute Gasteiger partial charge is 0.258 e. The van der Waals surface area contributed by atoms with Gasteiger partial charge in [-0.05, 0) is 18.4 Å². The quantitative estimate of drug-likeness (QED) is 0.709. The predicted octanol–water partition coefficient (Wildman–Crippen LogP) is 1.79. The van der Waals surface area contributed by atoms with Crippen LogP contribution in [0.1, 0.15) is 36.3 Å². The summed E-state index contributed by atoms with van der Waals surface area (Å²) in [7, 11) is 0. The molecule has 0 aliphatic carbocycles. The van der Waals surface area contributed by atoms with Gasteiger partial charge in [0.15, 0.2) is 5.13 Å². The molecule has 0 spiro atoms. The van der Waals surface area contributed by atoms with Crippen molar-refractivity contribution in [2.45, 2.75) is 26.7 Å². The lowest BCUT2D eigenvalue weighted by Crippen LogP contribution is -2.27. The summed E-state index contributed by atoms with van der Waals surface area (Å²) in [6.45, 7) is 4.74. The van der Waals surface area contributed by atoms with Gasteiger partial charge in [0.2, 0.25) is 11.5 Å². The van der Waals surface area contributed by atoms with Crippen molar-refractivity contribution < 1.29 is 9.59 Å². The first-order valence-electron chi connectivity index (χ1n) is 7.65. The summed E-state index contributed by atoms with van der Waals surface area (Å²) < 4.78 is 0. The van der Waals surface area contributed by atoms with Crippen molar-refractivity contribution >= 4 is 28.3 Å². The fourth-order valence-corrected chi connectivity index (χ4v) is 2.59. The maximum Gasteiger partial charge on any atom is 0.258 e. The third kappa shape index (κ3) is 5.62. The highest BCUT2D eigenvalue weighted by atomic mass is 32.1. The standard InChI is InChI=1S/C16H20N4O3S/c1-10(2)7-17-14(22)6-4-12-9-24-16(19-12)20-15(23)11-3-5-13(21)18-8-11/h3,5,8-10H,4,6-7H2,1-2H3,(H,17,22)(H,18,21)(H,19,20,23). The Kier molecular flexibility index (Phi) is 6.25. The van der Waals surface area contributed by atoms with Crippen molar-refractivity contribution in [2.24, 2.45) is 5.92 Å². The van der Waals surface area contributed by atoms with E-state index in [0.29, 0.717) is 36.0 Å². The minimum Gasteiger partial charge on any atom is -0.356 e. The fraction of sp³-hybridized carbons (Fsp3) is 0.375. The molecule has 0 aromatic carbocycles. The molecule has 24 heavy (non-hydrogen) atoms. The van der Waals surface area contributed by atoms with Crippen molar-refractivity contribution in [3.8, 4) is 0 Å². The molecular formula is C16H20N4O3S. The molecule has 0 radical (unpaired) electrons. The van der Waals surface area contributed by atoms with Crippen molar-refractivity contribution in [3.05, 3.63) is 45.3 Å². The van der Waals surface area contributed by atoms with Crippen molar-refractivity contribution in [1.29, 1.82) is 0 Å². The van der Waals surface area contributed by atoms with Crippen molar-refractivity contribution in [2.75, 3.05) is 11.9 Å². The van der Waals surface area contributed by atoms with Crippen LogP contribution in [-0.4, -0.2) is 28.3 Å². The minimum absolute atomic E-state index is 0.00414. The Morgan fingerprint density at radius 3 is 2.79 bits per heavy atom. The number of nitrogens with one attached hydrogen (secondary N) is 3. The van der Waals surface area contributed by atoms with Gasteiger partial charge in [-0.1, -0.05) is 13.8 Å². The number of anilines is 1. The van der Waals surface area contributed by atoms with E-state index in [1.54, 1.807) is 0 Å². The van der Waals surface area contributed by atoms with Crippen LogP contribution in [0.3, 0.4) is 0 Å². The van der Waals surface area contributed by atoms with E-state index in [-0.39, 0.29) is 17.4 Å². The van der Waals surface area contributed by atoms with Crippen LogP contribution >= 0.6 is 11.3 Å².